The molecule has 1 rings (SSSR count). The van der Waals surface area contributed by atoms with E-state index >= 15 is 0 Å². The minimum Gasteiger partial charge on any atom is -0.394 e. The molecule has 0 fully saturated rings. The van der Waals surface area contributed by atoms with E-state index in [1.807, 2.05) is 0 Å². The number of nitrogens with one attached hydrogen (secondary N) is 1. The summed E-state index contributed by atoms with van der Waals surface area (Å²) >= 11 is 0. The third kappa shape index (κ3) is 3.77. The van der Waals surface area contributed by atoms with Crippen LogP contribution in [0.2, 0.25) is 0 Å². The van der Waals surface area contributed by atoms with Crippen LogP contribution in [0.3, 0.4) is 0 Å². The molecule has 0 saturated carbocycles. The summed E-state index contributed by atoms with van der Waals surface area (Å²) < 4.78 is 12.9. The van der Waals surface area contributed by atoms with E-state index < -0.39 is 6.10 Å². The van der Waals surface area contributed by atoms with Gasteiger partial charge in [0.2, 0.25) is 0 Å². The lowest BCUT2D eigenvalue weighted by molar-refractivity contribution is 0.0911. The molecule has 0 spiro atoms. The van der Waals surface area contributed by atoms with Gasteiger partial charge in [-0.1, -0.05) is 6.07 Å². The molecule has 0 amide bonds. The molecular weight excluding hydrogens is 213 g/mol. The molecule has 4 nitrogen and oxygen atoms in total. The summed E-state index contributed by atoms with van der Waals surface area (Å²) in [6, 6.07) is 4.07. The fourth-order valence-electron chi connectivity index (χ4n) is 1.32. The average molecular weight is 229 g/mol. The van der Waals surface area contributed by atoms with E-state index in [9.17, 15) is 4.39 Å². The van der Waals surface area contributed by atoms with Crippen LogP contribution in [-0.4, -0.2) is 34.6 Å². The number of anilines is 1. The van der Waals surface area contributed by atoms with Crippen molar-refractivity contribution in [3.8, 4) is 0 Å². The SMILES string of the molecule is OCc1ccc(F)cc1NCCC(O)CO. The van der Waals surface area contributed by atoms with Crippen molar-refractivity contribution in [1.29, 1.82) is 0 Å². The van der Waals surface area contributed by atoms with Crippen molar-refractivity contribution in [3.05, 3.63) is 29.6 Å². The summed E-state index contributed by atoms with van der Waals surface area (Å²) in [4.78, 5) is 0. The van der Waals surface area contributed by atoms with Gasteiger partial charge in [-0.15, -0.1) is 0 Å². The first kappa shape index (κ1) is 12.9. The number of halogens is 1. The Labute approximate surface area is 93.4 Å². The predicted octanol–water partition coefficient (Wildman–Crippen LogP) is 0.473. The van der Waals surface area contributed by atoms with Crippen LogP contribution in [0, 0.1) is 5.82 Å². The van der Waals surface area contributed by atoms with E-state index in [1.54, 1.807) is 0 Å². The lowest BCUT2D eigenvalue weighted by atomic mass is 10.1. The van der Waals surface area contributed by atoms with Gasteiger partial charge in [-0.25, -0.2) is 4.39 Å². The number of aliphatic hydroxyl groups is 3. The highest BCUT2D eigenvalue weighted by Crippen LogP contribution is 2.17. The van der Waals surface area contributed by atoms with Gasteiger partial charge in [0.1, 0.15) is 5.82 Å². The van der Waals surface area contributed by atoms with Gasteiger partial charge in [0.05, 0.1) is 19.3 Å². The lowest BCUT2D eigenvalue weighted by Gasteiger charge is -2.12. The fraction of sp³-hybridized carbons (Fsp3) is 0.455. The van der Waals surface area contributed by atoms with Crippen molar-refractivity contribution in [2.24, 2.45) is 0 Å². The van der Waals surface area contributed by atoms with Crippen molar-refractivity contribution < 1.29 is 19.7 Å². The van der Waals surface area contributed by atoms with Crippen molar-refractivity contribution in [2.75, 3.05) is 18.5 Å². The number of hydrogen-bond donors (Lipinski definition) is 4. The molecule has 0 aliphatic carbocycles. The molecule has 1 aromatic carbocycles. The van der Waals surface area contributed by atoms with E-state index in [-0.39, 0.29) is 19.0 Å². The second kappa shape index (κ2) is 6.42. The van der Waals surface area contributed by atoms with Gasteiger partial charge in [0, 0.05) is 17.8 Å². The zero-order valence-electron chi connectivity index (χ0n) is 8.86. The molecule has 0 aliphatic rings. The molecule has 0 aromatic heterocycles. The normalized spacial score (nSPS) is 12.5. The van der Waals surface area contributed by atoms with Gasteiger partial charge in [-0.05, 0) is 18.6 Å². The molecule has 0 radical (unpaired) electrons. The standard InChI is InChI=1S/C11H16FNO3/c12-9-2-1-8(6-14)11(5-9)13-4-3-10(16)7-15/h1-2,5,10,13-16H,3-4,6-7H2. The van der Waals surface area contributed by atoms with Crippen molar-refractivity contribution in [1.82, 2.24) is 0 Å². The molecule has 0 heterocycles. The predicted molar refractivity (Wildman–Crippen MR) is 58.5 cm³/mol. The second-order valence-electron chi connectivity index (χ2n) is 3.51. The van der Waals surface area contributed by atoms with E-state index in [1.165, 1.54) is 18.2 Å². The zero-order chi connectivity index (χ0) is 12.0. The van der Waals surface area contributed by atoms with Gasteiger partial charge >= 0.3 is 0 Å². The molecule has 4 N–H and O–H groups in total. The monoisotopic (exact) mass is 229 g/mol. The summed E-state index contributed by atoms with van der Waals surface area (Å²) in [5, 5.41) is 29.6. The zero-order valence-corrected chi connectivity index (χ0v) is 8.86. The highest BCUT2D eigenvalue weighted by molar-refractivity contribution is 5.51. The summed E-state index contributed by atoms with van der Waals surface area (Å²) in [6.07, 6.45) is -0.420. The molecule has 0 aliphatic heterocycles. The fourth-order valence-corrected chi connectivity index (χ4v) is 1.32. The van der Waals surface area contributed by atoms with Crippen LogP contribution in [-0.2, 0) is 6.61 Å². The number of benzene rings is 1. The van der Waals surface area contributed by atoms with Gasteiger partial charge in [0.25, 0.3) is 0 Å². The average Bonchev–Trinajstić information content (AvgIpc) is 2.29. The Balaban J connectivity index is 2.55. The van der Waals surface area contributed by atoms with Crippen LogP contribution in [0.4, 0.5) is 10.1 Å². The molecule has 0 saturated heterocycles. The van der Waals surface area contributed by atoms with Crippen LogP contribution in [0.5, 0.6) is 0 Å². The molecule has 1 aromatic rings. The van der Waals surface area contributed by atoms with Gasteiger partial charge in [-0.3, -0.25) is 0 Å². The molecule has 16 heavy (non-hydrogen) atoms. The Morgan fingerprint density at radius 3 is 2.69 bits per heavy atom. The Bertz CT molecular complexity index is 333. The summed E-state index contributed by atoms with van der Waals surface area (Å²) in [5.74, 6) is -0.387. The minimum absolute atomic E-state index is 0.175. The largest absolute Gasteiger partial charge is 0.394 e. The Hall–Kier alpha value is -1.17. The van der Waals surface area contributed by atoms with E-state index in [0.29, 0.717) is 24.2 Å². The second-order valence-corrected chi connectivity index (χ2v) is 3.51. The van der Waals surface area contributed by atoms with Gasteiger partial charge < -0.3 is 20.6 Å². The number of rotatable bonds is 6. The topological polar surface area (TPSA) is 72.7 Å². The third-order valence-electron chi connectivity index (χ3n) is 2.25. The molecule has 1 unspecified atom stereocenters. The summed E-state index contributed by atoms with van der Waals surface area (Å²) in [7, 11) is 0. The highest BCUT2D eigenvalue weighted by atomic mass is 19.1. The maximum absolute atomic E-state index is 12.9. The van der Waals surface area contributed by atoms with Crippen molar-refractivity contribution in [3.63, 3.8) is 0 Å². The van der Waals surface area contributed by atoms with E-state index in [0.717, 1.165) is 0 Å². The highest BCUT2D eigenvalue weighted by Gasteiger charge is 2.05. The smallest absolute Gasteiger partial charge is 0.125 e. The van der Waals surface area contributed by atoms with Crippen LogP contribution in [0.25, 0.3) is 0 Å². The maximum Gasteiger partial charge on any atom is 0.125 e. The molecular formula is C11H16FNO3. The Morgan fingerprint density at radius 2 is 2.06 bits per heavy atom. The Kier molecular flexibility index (Phi) is 5.18. The number of aliphatic hydroxyl groups excluding tert-OH is 3. The molecule has 1 atom stereocenters. The first-order valence-electron chi connectivity index (χ1n) is 5.09. The summed E-state index contributed by atoms with van der Waals surface area (Å²) in [5.41, 5.74) is 1.10. The third-order valence-corrected chi connectivity index (χ3v) is 2.25. The minimum atomic E-state index is -0.779. The Morgan fingerprint density at radius 1 is 1.31 bits per heavy atom. The van der Waals surface area contributed by atoms with Crippen LogP contribution in [0.1, 0.15) is 12.0 Å². The maximum atomic E-state index is 12.9. The molecule has 5 heteroatoms. The van der Waals surface area contributed by atoms with E-state index in [4.69, 9.17) is 15.3 Å². The first-order valence-corrected chi connectivity index (χ1v) is 5.09. The number of hydrogen-bond acceptors (Lipinski definition) is 4. The summed E-state index contributed by atoms with van der Waals surface area (Å²) in [6.45, 7) is -0.0684. The quantitative estimate of drug-likeness (QED) is 0.572. The van der Waals surface area contributed by atoms with Crippen LogP contribution in [0.15, 0.2) is 18.2 Å². The molecule has 0 bridgehead atoms. The first-order chi connectivity index (χ1) is 7.67. The van der Waals surface area contributed by atoms with Crippen molar-refractivity contribution >= 4 is 5.69 Å². The molecule has 90 valence electrons. The van der Waals surface area contributed by atoms with Crippen LogP contribution < -0.4 is 5.32 Å². The van der Waals surface area contributed by atoms with E-state index in [2.05, 4.69) is 5.32 Å². The van der Waals surface area contributed by atoms with Gasteiger partial charge in [0.15, 0.2) is 0 Å². The van der Waals surface area contributed by atoms with Crippen molar-refractivity contribution in [2.45, 2.75) is 19.1 Å². The van der Waals surface area contributed by atoms with Gasteiger partial charge in [-0.2, -0.15) is 0 Å². The lowest BCUT2D eigenvalue weighted by Crippen LogP contribution is -2.17. The van der Waals surface area contributed by atoms with Crippen LogP contribution >= 0.6 is 0 Å².